The molecule has 0 amide bonds. The third kappa shape index (κ3) is 49.0. The van der Waals surface area contributed by atoms with Gasteiger partial charge in [-0.2, -0.15) is 0 Å². The minimum atomic E-state index is -0.764. The summed E-state index contributed by atoms with van der Waals surface area (Å²) in [6.07, 6.45) is 56.3. The molecule has 0 saturated heterocycles. The molecule has 6 heteroatoms. The lowest BCUT2D eigenvalue weighted by Crippen LogP contribution is -2.30. The van der Waals surface area contributed by atoms with E-state index in [1.54, 1.807) is 0 Å². The summed E-state index contributed by atoms with van der Waals surface area (Å²) in [5.41, 5.74) is 0. The topological polar surface area (TPSA) is 78.9 Å². The maximum atomic E-state index is 12.8. The highest BCUT2D eigenvalue weighted by Crippen LogP contribution is 2.16. The van der Waals surface area contributed by atoms with Crippen molar-refractivity contribution in [2.45, 2.75) is 309 Å². The zero-order valence-corrected chi connectivity index (χ0v) is 41.2. The maximum absolute atomic E-state index is 12.8. The van der Waals surface area contributed by atoms with Crippen LogP contribution in [0.1, 0.15) is 303 Å². The van der Waals surface area contributed by atoms with Crippen molar-refractivity contribution < 1.29 is 28.6 Å². The molecule has 61 heavy (non-hydrogen) atoms. The number of allylic oxidation sites excluding steroid dienone is 2. The molecule has 0 aromatic carbocycles. The Morgan fingerprint density at radius 2 is 0.541 bits per heavy atom. The lowest BCUT2D eigenvalue weighted by atomic mass is 10.0. The Balaban J connectivity index is 4.25. The smallest absolute Gasteiger partial charge is 0.306 e. The van der Waals surface area contributed by atoms with Crippen molar-refractivity contribution in [3.05, 3.63) is 12.2 Å². The van der Waals surface area contributed by atoms with Gasteiger partial charge in [-0.3, -0.25) is 14.4 Å². The summed E-state index contributed by atoms with van der Waals surface area (Å²) >= 11 is 0. The van der Waals surface area contributed by atoms with Gasteiger partial charge in [0.2, 0.25) is 0 Å². The first-order valence-electron chi connectivity index (χ1n) is 27.2. The molecule has 0 aliphatic heterocycles. The van der Waals surface area contributed by atoms with Crippen LogP contribution in [0.2, 0.25) is 0 Å². The standard InChI is InChI=1S/C55H104O6/c1-4-7-10-13-16-19-21-23-25-27-28-30-31-33-36-39-42-45-48-54(57)60-51-52(50-59-53(56)47-44-41-38-35-18-15-12-9-6-3)61-55(58)49-46-43-40-37-34-32-29-26-24-22-20-17-14-11-8-5-2/h25,27,52H,4-24,26,28-51H2,1-3H3/b27-25-. The van der Waals surface area contributed by atoms with Gasteiger partial charge < -0.3 is 14.2 Å². The van der Waals surface area contributed by atoms with E-state index in [1.165, 1.54) is 205 Å². The van der Waals surface area contributed by atoms with Gasteiger partial charge in [0, 0.05) is 19.3 Å². The van der Waals surface area contributed by atoms with E-state index in [2.05, 4.69) is 32.9 Å². The number of hydrogen-bond donors (Lipinski definition) is 0. The van der Waals surface area contributed by atoms with Gasteiger partial charge in [-0.1, -0.05) is 251 Å². The minimum absolute atomic E-state index is 0.0662. The van der Waals surface area contributed by atoms with Crippen LogP contribution >= 0.6 is 0 Å². The van der Waals surface area contributed by atoms with Gasteiger partial charge in [-0.15, -0.1) is 0 Å². The van der Waals surface area contributed by atoms with Gasteiger partial charge in [-0.25, -0.2) is 0 Å². The highest BCUT2D eigenvalue weighted by Gasteiger charge is 2.19. The third-order valence-corrected chi connectivity index (χ3v) is 12.3. The van der Waals surface area contributed by atoms with E-state index < -0.39 is 6.10 Å². The second-order valence-corrected chi connectivity index (χ2v) is 18.5. The summed E-state index contributed by atoms with van der Waals surface area (Å²) in [6, 6.07) is 0. The summed E-state index contributed by atoms with van der Waals surface area (Å²) in [7, 11) is 0. The number of carbonyl (C=O) groups is 3. The van der Waals surface area contributed by atoms with Crippen LogP contribution in [-0.4, -0.2) is 37.2 Å². The molecule has 6 nitrogen and oxygen atoms in total. The fourth-order valence-electron chi connectivity index (χ4n) is 8.14. The van der Waals surface area contributed by atoms with Crippen molar-refractivity contribution >= 4 is 17.9 Å². The molecule has 0 bridgehead atoms. The van der Waals surface area contributed by atoms with Crippen LogP contribution < -0.4 is 0 Å². The van der Waals surface area contributed by atoms with Gasteiger partial charge >= 0.3 is 17.9 Å². The molecule has 0 aliphatic carbocycles. The van der Waals surface area contributed by atoms with Crippen molar-refractivity contribution in [3.8, 4) is 0 Å². The Kier molecular flexibility index (Phi) is 49.3. The molecule has 0 radical (unpaired) electrons. The van der Waals surface area contributed by atoms with Gasteiger partial charge in [-0.05, 0) is 44.9 Å². The second-order valence-electron chi connectivity index (χ2n) is 18.5. The number of rotatable bonds is 50. The van der Waals surface area contributed by atoms with Crippen molar-refractivity contribution in [1.29, 1.82) is 0 Å². The SMILES string of the molecule is CCCCCCCCC/C=C\CCCCCCCCCC(=O)OCC(COC(=O)CCCCCCCCCCC)OC(=O)CCCCCCCCCCCCCCCCCC. The summed E-state index contributed by atoms with van der Waals surface area (Å²) in [5, 5.41) is 0. The zero-order valence-electron chi connectivity index (χ0n) is 41.2. The first kappa shape index (κ1) is 59.1. The van der Waals surface area contributed by atoms with Crippen molar-refractivity contribution in [1.82, 2.24) is 0 Å². The van der Waals surface area contributed by atoms with Crippen molar-refractivity contribution in [2.24, 2.45) is 0 Å². The monoisotopic (exact) mass is 861 g/mol. The predicted octanol–water partition coefficient (Wildman–Crippen LogP) is 17.8. The summed E-state index contributed by atoms with van der Waals surface area (Å²) < 4.78 is 16.8. The average molecular weight is 861 g/mol. The van der Waals surface area contributed by atoms with Crippen LogP contribution in [-0.2, 0) is 28.6 Å². The summed E-state index contributed by atoms with van der Waals surface area (Å²) in [6.45, 7) is 6.66. The quantitative estimate of drug-likeness (QED) is 0.0262. The van der Waals surface area contributed by atoms with Gasteiger partial charge in [0.25, 0.3) is 0 Å². The largest absolute Gasteiger partial charge is 0.462 e. The Hall–Kier alpha value is -1.85. The number of ether oxygens (including phenoxy) is 3. The Morgan fingerprint density at radius 1 is 0.311 bits per heavy atom. The highest BCUT2D eigenvalue weighted by atomic mass is 16.6. The van der Waals surface area contributed by atoms with E-state index in [1.807, 2.05) is 0 Å². The maximum Gasteiger partial charge on any atom is 0.306 e. The number of unbranched alkanes of at least 4 members (excludes halogenated alkanes) is 37. The third-order valence-electron chi connectivity index (χ3n) is 12.3. The Labute approximate surface area is 380 Å². The first-order valence-corrected chi connectivity index (χ1v) is 27.2. The summed E-state index contributed by atoms with van der Waals surface area (Å²) in [5.74, 6) is -0.854. The molecule has 0 saturated carbocycles. The minimum Gasteiger partial charge on any atom is -0.462 e. The van der Waals surface area contributed by atoms with E-state index in [-0.39, 0.29) is 31.1 Å². The molecule has 1 atom stereocenters. The van der Waals surface area contributed by atoms with Gasteiger partial charge in [0.05, 0.1) is 0 Å². The molecule has 0 aromatic heterocycles. The Bertz CT molecular complexity index is 947. The van der Waals surface area contributed by atoms with E-state index in [0.29, 0.717) is 19.3 Å². The molecule has 0 spiro atoms. The number of carbonyl (C=O) groups excluding carboxylic acids is 3. The molecule has 0 rings (SSSR count). The summed E-state index contributed by atoms with van der Waals surface area (Å²) in [4.78, 5) is 37.9. The fourth-order valence-corrected chi connectivity index (χ4v) is 8.14. The van der Waals surface area contributed by atoms with Crippen molar-refractivity contribution in [2.75, 3.05) is 13.2 Å². The van der Waals surface area contributed by atoms with Crippen LogP contribution in [0, 0.1) is 0 Å². The molecule has 0 N–H and O–H groups in total. The molecule has 1 unspecified atom stereocenters. The average Bonchev–Trinajstić information content (AvgIpc) is 3.26. The lowest BCUT2D eigenvalue weighted by Gasteiger charge is -2.18. The molecule has 0 fully saturated rings. The number of esters is 3. The molecule has 360 valence electrons. The normalized spacial score (nSPS) is 12.0. The van der Waals surface area contributed by atoms with Gasteiger partial charge in [0.1, 0.15) is 13.2 Å². The van der Waals surface area contributed by atoms with Crippen LogP contribution in [0.3, 0.4) is 0 Å². The molecule has 0 aliphatic rings. The first-order chi connectivity index (χ1) is 30.0. The van der Waals surface area contributed by atoms with Crippen LogP contribution in [0.15, 0.2) is 12.2 Å². The molecular weight excluding hydrogens is 757 g/mol. The second kappa shape index (κ2) is 50.8. The highest BCUT2D eigenvalue weighted by molar-refractivity contribution is 5.71. The van der Waals surface area contributed by atoms with Gasteiger partial charge in [0.15, 0.2) is 6.10 Å². The number of hydrogen-bond acceptors (Lipinski definition) is 6. The lowest BCUT2D eigenvalue weighted by molar-refractivity contribution is -0.167. The molecule has 0 aromatic rings. The van der Waals surface area contributed by atoms with Crippen LogP contribution in [0.4, 0.5) is 0 Å². The van der Waals surface area contributed by atoms with E-state index >= 15 is 0 Å². The van der Waals surface area contributed by atoms with E-state index in [4.69, 9.17) is 14.2 Å². The zero-order chi connectivity index (χ0) is 44.4. The molecular formula is C55H104O6. The predicted molar refractivity (Wildman–Crippen MR) is 261 cm³/mol. The molecule has 0 heterocycles. The van der Waals surface area contributed by atoms with E-state index in [9.17, 15) is 14.4 Å². The van der Waals surface area contributed by atoms with Crippen molar-refractivity contribution in [3.63, 3.8) is 0 Å². The van der Waals surface area contributed by atoms with Crippen LogP contribution in [0.5, 0.6) is 0 Å². The Morgan fingerprint density at radius 3 is 0.820 bits per heavy atom. The van der Waals surface area contributed by atoms with Crippen LogP contribution in [0.25, 0.3) is 0 Å². The van der Waals surface area contributed by atoms with E-state index in [0.717, 1.165) is 57.8 Å². The fraction of sp³-hybridized carbons (Fsp3) is 0.909.